The molecule has 1 aromatic heterocycles. The molecule has 1 heterocycles. The van der Waals surface area contributed by atoms with Crippen LogP contribution in [0.2, 0.25) is 0 Å². The molecule has 104 valence electrons. The maximum Gasteiger partial charge on any atom is 0.111 e. The zero-order valence-corrected chi connectivity index (χ0v) is 11.7. The van der Waals surface area contributed by atoms with E-state index in [0.29, 0.717) is 6.42 Å². The van der Waals surface area contributed by atoms with Gasteiger partial charge in [-0.2, -0.15) is 0 Å². The third-order valence-corrected chi connectivity index (χ3v) is 3.58. The van der Waals surface area contributed by atoms with Gasteiger partial charge in [-0.05, 0) is 12.3 Å². The van der Waals surface area contributed by atoms with Crippen LogP contribution in [0.15, 0.2) is 12.4 Å². The monoisotopic (exact) mass is 254 g/mol. The topological polar surface area (TPSA) is 58.3 Å². The molecule has 0 amide bonds. The first-order valence-corrected chi connectivity index (χ1v) is 7.00. The first kappa shape index (κ1) is 15.2. The number of aromatic nitrogens is 2. The lowest BCUT2D eigenvalue weighted by atomic mass is 9.91. The van der Waals surface area contributed by atoms with Gasteiger partial charge >= 0.3 is 0 Å². The normalized spacial score (nSPS) is 15.0. The van der Waals surface area contributed by atoms with E-state index in [-0.39, 0.29) is 5.92 Å². The predicted molar refractivity (Wildman–Crippen MR) is 72.3 cm³/mol. The SMILES string of the molecule is CCCn1ccnc1CC(O)C(O)C(CC)CC. The zero-order chi connectivity index (χ0) is 13.5. The Hall–Kier alpha value is -0.870. The van der Waals surface area contributed by atoms with Gasteiger partial charge in [-0.15, -0.1) is 0 Å². The van der Waals surface area contributed by atoms with Crippen molar-refractivity contribution < 1.29 is 10.2 Å². The predicted octanol–water partition coefficient (Wildman–Crippen LogP) is 1.99. The maximum absolute atomic E-state index is 10.1. The van der Waals surface area contributed by atoms with Gasteiger partial charge in [-0.25, -0.2) is 4.98 Å². The third kappa shape index (κ3) is 3.82. The molecule has 0 spiro atoms. The van der Waals surface area contributed by atoms with Crippen LogP contribution in [-0.4, -0.2) is 32.0 Å². The lowest BCUT2D eigenvalue weighted by Gasteiger charge is -2.25. The highest BCUT2D eigenvalue weighted by molar-refractivity contribution is 4.96. The van der Waals surface area contributed by atoms with Crippen molar-refractivity contribution in [1.82, 2.24) is 9.55 Å². The van der Waals surface area contributed by atoms with Crippen molar-refractivity contribution in [2.45, 2.75) is 65.2 Å². The molecule has 1 rings (SSSR count). The molecule has 0 fully saturated rings. The van der Waals surface area contributed by atoms with Crippen molar-refractivity contribution in [3.63, 3.8) is 0 Å². The summed E-state index contributed by atoms with van der Waals surface area (Å²) in [6, 6.07) is 0. The van der Waals surface area contributed by atoms with E-state index in [9.17, 15) is 10.2 Å². The average molecular weight is 254 g/mol. The molecule has 0 radical (unpaired) electrons. The summed E-state index contributed by atoms with van der Waals surface area (Å²) in [5.74, 6) is 1.02. The van der Waals surface area contributed by atoms with Crippen molar-refractivity contribution in [1.29, 1.82) is 0 Å². The fraction of sp³-hybridized carbons (Fsp3) is 0.786. The Morgan fingerprint density at radius 1 is 1.22 bits per heavy atom. The molecule has 0 aliphatic heterocycles. The summed E-state index contributed by atoms with van der Waals surface area (Å²) in [5.41, 5.74) is 0. The number of imidazole rings is 1. The summed E-state index contributed by atoms with van der Waals surface area (Å²) in [7, 11) is 0. The fourth-order valence-electron chi connectivity index (χ4n) is 2.37. The molecule has 18 heavy (non-hydrogen) atoms. The molecule has 1 aromatic rings. The number of aryl methyl sites for hydroxylation is 1. The molecule has 4 nitrogen and oxygen atoms in total. The molecule has 4 heteroatoms. The molecular formula is C14H26N2O2. The fourth-order valence-corrected chi connectivity index (χ4v) is 2.37. The number of aliphatic hydroxyl groups is 2. The van der Waals surface area contributed by atoms with Crippen molar-refractivity contribution in [2.24, 2.45) is 5.92 Å². The Morgan fingerprint density at radius 2 is 1.89 bits per heavy atom. The Kier molecular flexibility index (Phi) is 6.36. The molecule has 0 saturated carbocycles. The quantitative estimate of drug-likeness (QED) is 0.746. The van der Waals surface area contributed by atoms with Crippen LogP contribution in [0.5, 0.6) is 0 Å². The van der Waals surface area contributed by atoms with Crippen molar-refractivity contribution in [2.75, 3.05) is 0 Å². The van der Waals surface area contributed by atoms with Crippen LogP contribution in [0.25, 0.3) is 0 Å². The molecule has 2 N–H and O–H groups in total. The highest BCUT2D eigenvalue weighted by atomic mass is 16.3. The van der Waals surface area contributed by atoms with Crippen LogP contribution in [0.3, 0.4) is 0 Å². The highest BCUT2D eigenvalue weighted by Gasteiger charge is 2.25. The average Bonchev–Trinajstić information content (AvgIpc) is 2.78. The number of nitrogens with zero attached hydrogens (tertiary/aromatic N) is 2. The van der Waals surface area contributed by atoms with Crippen molar-refractivity contribution >= 4 is 0 Å². The molecule has 0 bridgehead atoms. The molecule has 0 aliphatic rings. The van der Waals surface area contributed by atoms with E-state index in [4.69, 9.17) is 0 Å². The molecular weight excluding hydrogens is 228 g/mol. The van der Waals surface area contributed by atoms with Crippen LogP contribution in [0.4, 0.5) is 0 Å². The van der Waals surface area contributed by atoms with E-state index >= 15 is 0 Å². The van der Waals surface area contributed by atoms with Crippen LogP contribution < -0.4 is 0 Å². The Labute approximate surface area is 110 Å². The van der Waals surface area contributed by atoms with Crippen molar-refractivity contribution in [3.8, 4) is 0 Å². The van der Waals surface area contributed by atoms with E-state index in [1.807, 2.05) is 24.6 Å². The van der Waals surface area contributed by atoms with Gasteiger partial charge in [0.2, 0.25) is 0 Å². The number of hydrogen-bond donors (Lipinski definition) is 2. The van der Waals surface area contributed by atoms with Gasteiger partial charge in [0.25, 0.3) is 0 Å². The van der Waals surface area contributed by atoms with Gasteiger partial charge in [-0.3, -0.25) is 0 Å². The van der Waals surface area contributed by atoms with Gasteiger partial charge in [0.05, 0.1) is 12.2 Å². The van der Waals surface area contributed by atoms with Gasteiger partial charge in [-0.1, -0.05) is 33.6 Å². The largest absolute Gasteiger partial charge is 0.390 e. The standard InChI is InChI=1S/C14H26N2O2/c1-4-8-16-9-7-15-13(16)10-12(17)14(18)11(5-2)6-3/h7,9,11-12,14,17-18H,4-6,8,10H2,1-3H3. The molecule has 2 atom stereocenters. The lowest BCUT2D eigenvalue weighted by molar-refractivity contribution is -0.0200. The van der Waals surface area contributed by atoms with Crippen LogP contribution in [0, 0.1) is 5.92 Å². The van der Waals surface area contributed by atoms with Gasteiger partial charge in [0.15, 0.2) is 0 Å². The second kappa shape index (κ2) is 7.54. The van der Waals surface area contributed by atoms with Crippen molar-refractivity contribution in [3.05, 3.63) is 18.2 Å². The molecule has 2 unspecified atom stereocenters. The Balaban J connectivity index is 2.62. The van der Waals surface area contributed by atoms with E-state index < -0.39 is 12.2 Å². The van der Waals surface area contributed by atoms with Gasteiger partial charge in [0, 0.05) is 25.4 Å². The first-order chi connectivity index (χ1) is 8.63. The molecule has 0 aliphatic carbocycles. The maximum atomic E-state index is 10.1. The Bertz CT molecular complexity index is 334. The number of rotatable bonds is 8. The van der Waals surface area contributed by atoms with Crippen LogP contribution >= 0.6 is 0 Å². The summed E-state index contributed by atoms with van der Waals surface area (Å²) in [5, 5.41) is 20.2. The first-order valence-electron chi connectivity index (χ1n) is 7.00. The zero-order valence-electron chi connectivity index (χ0n) is 11.7. The summed E-state index contributed by atoms with van der Waals surface area (Å²) in [4.78, 5) is 4.26. The summed E-state index contributed by atoms with van der Waals surface area (Å²) in [6.45, 7) is 7.10. The van der Waals surface area contributed by atoms with E-state index in [2.05, 4.69) is 11.9 Å². The number of aliphatic hydroxyl groups excluding tert-OH is 2. The van der Waals surface area contributed by atoms with E-state index in [1.54, 1.807) is 6.20 Å². The summed E-state index contributed by atoms with van der Waals surface area (Å²) >= 11 is 0. The second-order valence-electron chi connectivity index (χ2n) is 4.88. The Morgan fingerprint density at radius 3 is 2.44 bits per heavy atom. The van der Waals surface area contributed by atoms with Gasteiger partial charge < -0.3 is 14.8 Å². The smallest absolute Gasteiger partial charge is 0.111 e. The number of hydrogen-bond acceptors (Lipinski definition) is 3. The van der Waals surface area contributed by atoms with Gasteiger partial charge in [0.1, 0.15) is 5.82 Å². The summed E-state index contributed by atoms with van der Waals surface area (Å²) < 4.78 is 2.04. The minimum Gasteiger partial charge on any atom is -0.390 e. The minimum atomic E-state index is -0.729. The van der Waals surface area contributed by atoms with E-state index in [1.165, 1.54) is 0 Å². The molecule has 0 saturated heterocycles. The van der Waals surface area contributed by atoms with Crippen LogP contribution in [-0.2, 0) is 13.0 Å². The summed E-state index contributed by atoms with van der Waals surface area (Å²) in [6.07, 6.45) is 5.52. The van der Waals surface area contributed by atoms with E-state index in [0.717, 1.165) is 31.6 Å². The minimum absolute atomic E-state index is 0.162. The second-order valence-corrected chi connectivity index (χ2v) is 4.88. The third-order valence-electron chi connectivity index (χ3n) is 3.58. The highest BCUT2D eigenvalue weighted by Crippen LogP contribution is 2.18. The lowest BCUT2D eigenvalue weighted by Crippen LogP contribution is -2.35. The van der Waals surface area contributed by atoms with Crippen LogP contribution in [0.1, 0.15) is 45.9 Å². The molecule has 0 aromatic carbocycles.